The Morgan fingerprint density at radius 2 is 1.96 bits per heavy atom. The second-order valence-corrected chi connectivity index (χ2v) is 5.29. The van der Waals surface area contributed by atoms with Crippen LogP contribution in [0.25, 0.3) is 0 Å². The zero-order valence-electron chi connectivity index (χ0n) is 13.2. The van der Waals surface area contributed by atoms with Crippen LogP contribution in [0.15, 0.2) is 59.8 Å². The van der Waals surface area contributed by atoms with Crippen molar-refractivity contribution in [1.82, 2.24) is 9.66 Å². The molecule has 0 saturated heterocycles. The first-order chi connectivity index (χ1) is 11.6. The first-order valence-electron chi connectivity index (χ1n) is 7.44. The summed E-state index contributed by atoms with van der Waals surface area (Å²) in [6.07, 6.45) is 3.45. The number of benzene rings is 2. The SMILES string of the molecule is Cc1cn(N=Cc2ccc(COc3ccccc3F)cc2)c(N)n1. The predicted molar refractivity (Wildman–Crippen MR) is 91.5 cm³/mol. The van der Waals surface area contributed by atoms with Gasteiger partial charge in [-0.25, -0.2) is 14.1 Å². The maximum absolute atomic E-state index is 13.5. The number of aryl methyl sites for hydroxylation is 1. The molecule has 3 aromatic rings. The van der Waals surface area contributed by atoms with Crippen molar-refractivity contribution in [2.45, 2.75) is 13.5 Å². The number of halogens is 1. The smallest absolute Gasteiger partial charge is 0.221 e. The number of aromatic nitrogens is 2. The Labute approximate surface area is 139 Å². The average Bonchev–Trinajstić information content (AvgIpc) is 2.91. The van der Waals surface area contributed by atoms with Crippen molar-refractivity contribution in [3.05, 3.63) is 77.4 Å². The Hall–Kier alpha value is -3.15. The van der Waals surface area contributed by atoms with E-state index in [0.29, 0.717) is 12.6 Å². The summed E-state index contributed by atoms with van der Waals surface area (Å²) in [5.74, 6) is 0.224. The van der Waals surface area contributed by atoms with Crippen LogP contribution < -0.4 is 10.5 Å². The molecule has 0 unspecified atom stereocenters. The van der Waals surface area contributed by atoms with Gasteiger partial charge in [-0.3, -0.25) is 0 Å². The van der Waals surface area contributed by atoms with Crippen LogP contribution in [0.5, 0.6) is 5.75 Å². The highest BCUT2D eigenvalue weighted by atomic mass is 19.1. The molecule has 6 heteroatoms. The number of nitrogens with zero attached hydrogens (tertiary/aromatic N) is 3. The monoisotopic (exact) mass is 324 g/mol. The third kappa shape index (κ3) is 3.78. The van der Waals surface area contributed by atoms with Gasteiger partial charge >= 0.3 is 0 Å². The van der Waals surface area contributed by atoms with Crippen molar-refractivity contribution < 1.29 is 9.13 Å². The highest BCUT2D eigenvalue weighted by molar-refractivity contribution is 5.79. The Kier molecular flexibility index (Phi) is 4.56. The highest BCUT2D eigenvalue weighted by Crippen LogP contribution is 2.17. The average molecular weight is 324 g/mol. The molecule has 1 aromatic heterocycles. The van der Waals surface area contributed by atoms with Gasteiger partial charge in [-0.15, -0.1) is 0 Å². The molecule has 0 amide bonds. The van der Waals surface area contributed by atoms with Crippen LogP contribution in [0.2, 0.25) is 0 Å². The third-order valence-corrected chi connectivity index (χ3v) is 3.38. The van der Waals surface area contributed by atoms with Gasteiger partial charge in [0.1, 0.15) is 6.61 Å². The summed E-state index contributed by atoms with van der Waals surface area (Å²) in [6, 6.07) is 14.0. The maximum Gasteiger partial charge on any atom is 0.221 e. The Balaban J connectivity index is 1.63. The van der Waals surface area contributed by atoms with E-state index >= 15 is 0 Å². The molecule has 5 nitrogen and oxygen atoms in total. The summed E-state index contributed by atoms with van der Waals surface area (Å²) in [5.41, 5.74) is 8.39. The number of hydrogen-bond acceptors (Lipinski definition) is 4. The number of ether oxygens (including phenoxy) is 1. The summed E-state index contributed by atoms with van der Waals surface area (Å²) in [6.45, 7) is 2.15. The van der Waals surface area contributed by atoms with E-state index in [2.05, 4.69) is 10.1 Å². The molecule has 0 aliphatic carbocycles. The van der Waals surface area contributed by atoms with Gasteiger partial charge in [0.05, 0.1) is 18.1 Å². The van der Waals surface area contributed by atoms with E-state index in [9.17, 15) is 4.39 Å². The van der Waals surface area contributed by atoms with E-state index < -0.39 is 0 Å². The fraction of sp³-hybridized carbons (Fsp3) is 0.111. The first-order valence-corrected chi connectivity index (χ1v) is 7.44. The standard InChI is InChI=1S/C18H17FN4O/c1-13-11-23(18(20)22-13)21-10-14-6-8-15(9-7-14)12-24-17-5-3-2-4-16(17)19/h2-11H,12H2,1H3,(H2,20,22). The van der Waals surface area contributed by atoms with Crippen LogP contribution in [0, 0.1) is 12.7 Å². The fourth-order valence-corrected chi connectivity index (χ4v) is 2.15. The normalized spacial score (nSPS) is 11.1. The molecule has 3 rings (SSSR count). The third-order valence-electron chi connectivity index (χ3n) is 3.38. The van der Waals surface area contributed by atoms with E-state index in [1.807, 2.05) is 31.2 Å². The molecule has 122 valence electrons. The van der Waals surface area contributed by atoms with Crippen molar-refractivity contribution in [2.75, 3.05) is 5.73 Å². The Morgan fingerprint density at radius 1 is 1.21 bits per heavy atom. The lowest BCUT2D eigenvalue weighted by atomic mass is 10.1. The van der Waals surface area contributed by atoms with Gasteiger partial charge in [0, 0.05) is 0 Å². The number of rotatable bonds is 5. The molecule has 0 spiro atoms. The summed E-state index contributed by atoms with van der Waals surface area (Å²) >= 11 is 0. The summed E-state index contributed by atoms with van der Waals surface area (Å²) in [4.78, 5) is 4.08. The van der Waals surface area contributed by atoms with Crippen LogP contribution in [-0.4, -0.2) is 15.9 Å². The maximum atomic E-state index is 13.5. The van der Waals surface area contributed by atoms with Crippen molar-refractivity contribution >= 4 is 12.2 Å². The van der Waals surface area contributed by atoms with E-state index in [4.69, 9.17) is 10.5 Å². The van der Waals surface area contributed by atoms with Gasteiger partial charge in [0.2, 0.25) is 5.95 Å². The van der Waals surface area contributed by atoms with Crippen molar-refractivity contribution in [2.24, 2.45) is 5.10 Å². The molecule has 2 aromatic carbocycles. The minimum atomic E-state index is -0.366. The topological polar surface area (TPSA) is 65.4 Å². The predicted octanol–water partition coefficient (Wildman–Crippen LogP) is 3.37. The fourth-order valence-electron chi connectivity index (χ4n) is 2.15. The van der Waals surface area contributed by atoms with E-state index in [0.717, 1.165) is 16.8 Å². The van der Waals surface area contributed by atoms with Crippen molar-refractivity contribution in [3.8, 4) is 5.75 Å². The van der Waals surface area contributed by atoms with Crippen LogP contribution in [0.1, 0.15) is 16.8 Å². The van der Waals surface area contributed by atoms with E-state index in [1.54, 1.807) is 30.6 Å². The molecule has 0 radical (unpaired) electrons. The van der Waals surface area contributed by atoms with E-state index in [-0.39, 0.29) is 11.6 Å². The van der Waals surface area contributed by atoms with Gasteiger partial charge in [-0.2, -0.15) is 5.10 Å². The molecule has 0 bridgehead atoms. The minimum Gasteiger partial charge on any atom is -0.486 e. The minimum absolute atomic E-state index is 0.245. The zero-order valence-corrected chi connectivity index (χ0v) is 13.2. The van der Waals surface area contributed by atoms with Gasteiger partial charge in [-0.1, -0.05) is 36.4 Å². The van der Waals surface area contributed by atoms with Gasteiger partial charge in [0.25, 0.3) is 0 Å². The van der Waals surface area contributed by atoms with Crippen molar-refractivity contribution in [1.29, 1.82) is 0 Å². The second-order valence-electron chi connectivity index (χ2n) is 5.29. The van der Waals surface area contributed by atoms with Gasteiger partial charge < -0.3 is 10.5 Å². The first kappa shape index (κ1) is 15.7. The highest BCUT2D eigenvalue weighted by Gasteiger charge is 2.02. The van der Waals surface area contributed by atoms with E-state index in [1.165, 1.54) is 10.7 Å². The second kappa shape index (κ2) is 6.95. The molecule has 0 atom stereocenters. The molecular formula is C18H17FN4O. The van der Waals surface area contributed by atoms with Gasteiger partial charge in [-0.05, 0) is 30.2 Å². The van der Waals surface area contributed by atoms with Crippen LogP contribution in [0.4, 0.5) is 10.3 Å². The molecule has 0 fully saturated rings. The zero-order chi connectivity index (χ0) is 16.9. The van der Waals surface area contributed by atoms with Crippen LogP contribution in [-0.2, 0) is 6.61 Å². The summed E-state index contributed by atoms with van der Waals surface area (Å²) < 4.78 is 20.5. The number of anilines is 1. The molecule has 2 N–H and O–H groups in total. The Morgan fingerprint density at radius 3 is 2.62 bits per heavy atom. The largest absolute Gasteiger partial charge is 0.486 e. The number of para-hydroxylation sites is 1. The molecule has 24 heavy (non-hydrogen) atoms. The lowest BCUT2D eigenvalue weighted by Crippen LogP contribution is -1.98. The van der Waals surface area contributed by atoms with Crippen molar-refractivity contribution in [3.63, 3.8) is 0 Å². The Bertz CT molecular complexity index is 856. The number of imidazole rings is 1. The lowest BCUT2D eigenvalue weighted by Gasteiger charge is -2.07. The molecule has 0 aliphatic rings. The van der Waals surface area contributed by atoms with Gasteiger partial charge in [0.15, 0.2) is 11.6 Å². The number of nitrogens with two attached hydrogens (primary N) is 1. The quantitative estimate of drug-likeness (QED) is 0.732. The van der Waals surface area contributed by atoms with Crippen LogP contribution >= 0.6 is 0 Å². The number of nitrogen functional groups attached to an aromatic ring is 1. The lowest BCUT2D eigenvalue weighted by molar-refractivity contribution is 0.290. The molecule has 1 heterocycles. The van der Waals surface area contributed by atoms with Crippen LogP contribution in [0.3, 0.4) is 0 Å². The molecule has 0 saturated carbocycles. The molecular weight excluding hydrogens is 307 g/mol. The number of hydrogen-bond donors (Lipinski definition) is 1. The molecule has 0 aliphatic heterocycles. The summed E-state index contributed by atoms with van der Waals surface area (Å²) in [5, 5.41) is 4.26. The summed E-state index contributed by atoms with van der Waals surface area (Å²) in [7, 11) is 0.